The molecule has 2 atom stereocenters. The lowest BCUT2D eigenvalue weighted by molar-refractivity contribution is 0.306. The molecule has 10 rings (SSSR count). The topological polar surface area (TPSA) is 66.3 Å². The maximum atomic E-state index is 6.55. The molecule has 0 bridgehead atoms. The molecule has 0 fully saturated rings. The summed E-state index contributed by atoms with van der Waals surface area (Å²) >= 11 is 0. The molecular weight excluding hydrogens is 604 g/mol. The minimum absolute atomic E-state index is 0.0785. The van der Waals surface area contributed by atoms with Gasteiger partial charge in [0.2, 0.25) is 0 Å². The summed E-state index contributed by atoms with van der Waals surface area (Å²) in [4.78, 5) is 12.3. The fourth-order valence-corrected chi connectivity index (χ4v) is 7.70. The van der Waals surface area contributed by atoms with Crippen LogP contribution in [-0.2, 0) is 6.54 Å². The van der Waals surface area contributed by atoms with Gasteiger partial charge in [0.05, 0.1) is 6.54 Å². The summed E-state index contributed by atoms with van der Waals surface area (Å²) in [6, 6.07) is 36.2. The number of rotatable bonds is 3. The van der Waals surface area contributed by atoms with Crippen molar-refractivity contribution >= 4 is 61.3 Å². The minimum atomic E-state index is -0.0785. The third-order valence-corrected chi connectivity index (χ3v) is 10.1. The van der Waals surface area contributed by atoms with E-state index >= 15 is 0 Å². The van der Waals surface area contributed by atoms with Crippen LogP contribution < -0.4 is 5.32 Å². The van der Waals surface area contributed by atoms with Crippen LogP contribution in [0, 0.1) is 5.92 Å². The van der Waals surface area contributed by atoms with E-state index in [0.29, 0.717) is 6.54 Å². The van der Waals surface area contributed by atoms with Gasteiger partial charge in [-0.15, -0.1) is 0 Å². The van der Waals surface area contributed by atoms with E-state index in [0.717, 1.165) is 79.0 Å². The lowest BCUT2D eigenvalue weighted by Gasteiger charge is -2.39. The monoisotopic (exact) mass is 636 g/mol. The molecule has 0 amide bonds. The normalized spacial score (nSPS) is 20.3. The molecule has 0 saturated carbocycles. The molecule has 2 aromatic heterocycles. The molecule has 236 valence electrons. The summed E-state index contributed by atoms with van der Waals surface area (Å²) in [6.45, 7) is 0.490. The summed E-state index contributed by atoms with van der Waals surface area (Å²) in [7, 11) is 2.12. The summed E-state index contributed by atoms with van der Waals surface area (Å²) in [5, 5.41) is 9.52. The Morgan fingerprint density at radius 3 is 2.39 bits per heavy atom. The van der Waals surface area contributed by atoms with Crippen molar-refractivity contribution in [1.82, 2.24) is 10.2 Å². The van der Waals surface area contributed by atoms with Crippen LogP contribution in [0.1, 0.15) is 29.5 Å². The number of aliphatic imine (C=N–C) groups is 2. The maximum absolute atomic E-state index is 6.55. The van der Waals surface area contributed by atoms with E-state index in [1.165, 1.54) is 16.3 Å². The fraction of sp³-hybridized carbons (Fsp3) is 0.116. The number of nitrogens with zero attached hydrogens (tertiary/aromatic N) is 3. The quantitative estimate of drug-likeness (QED) is 0.210. The van der Waals surface area contributed by atoms with Crippen LogP contribution in [0.5, 0.6) is 0 Å². The van der Waals surface area contributed by atoms with Gasteiger partial charge in [0.1, 0.15) is 40.3 Å². The second-order valence-corrected chi connectivity index (χ2v) is 13.0. The number of nitrogens with one attached hydrogen (secondary N) is 1. The van der Waals surface area contributed by atoms with E-state index in [4.69, 9.17) is 18.8 Å². The highest BCUT2D eigenvalue weighted by molar-refractivity contribution is 6.19. The number of fused-ring (bicyclic) bond motifs is 8. The van der Waals surface area contributed by atoms with Gasteiger partial charge in [0, 0.05) is 46.5 Å². The van der Waals surface area contributed by atoms with Crippen LogP contribution in [0.4, 0.5) is 0 Å². The molecule has 6 nitrogen and oxygen atoms in total. The Morgan fingerprint density at radius 1 is 0.755 bits per heavy atom. The van der Waals surface area contributed by atoms with Crippen molar-refractivity contribution in [1.29, 1.82) is 0 Å². The molecule has 7 aromatic rings. The number of allylic oxidation sites excluding steroid dienone is 4. The number of benzene rings is 5. The molecule has 4 heterocycles. The number of amidine groups is 1. The van der Waals surface area contributed by atoms with Gasteiger partial charge in [-0.1, -0.05) is 97.1 Å². The number of furan rings is 2. The van der Waals surface area contributed by atoms with E-state index in [-0.39, 0.29) is 12.1 Å². The summed E-state index contributed by atoms with van der Waals surface area (Å²) in [6.07, 6.45) is 11.5. The van der Waals surface area contributed by atoms with E-state index in [1.54, 1.807) is 0 Å². The second kappa shape index (κ2) is 11.0. The molecule has 0 radical (unpaired) electrons. The van der Waals surface area contributed by atoms with E-state index in [9.17, 15) is 0 Å². The number of hydrogen-bond acceptors (Lipinski definition) is 6. The molecule has 0 spiro atoms. The Kier molecular flexibility index (Phi) is 6.24. The van der Waals surface area contributed by atoms with Crippen LogP contribution in [0.15, 0.2) is 152 Å². The van der Waals surface area contributed by atoms with Crippen molar-refractivity contribution in [2.45, 2.75) is 19.1 Å². The van der Waals surface area contributed by atoms with Crippen LogP contribution in [0.2, 0.25) is 0 Å². The summed E-state index contributed by atoms with van der Waals surface area (Å²) in [5.41, 5.74) is 7.94. The Labute approximate surface area is 283 Å². The lowest BCUT2D eigenvalue weighted by Crippen LogP contribution is -2.46. The Hall–Kier alpha value is -6.14. The van der Waals surface area contributed by atoms with Gasteiger partial charge in [-0.25, -0.2) is 4.99 Å². The third kappa shape index (κ3) is 4.48. The zero-order valence-corrected chi connectivity index (χ0v) is 26.9. The van der Waals surface area contributed by atoms with Gasteiger partial charge in [0.25, 0.3) is 0 Å². The van der Waals surface area contributed by atoms with Gasteiger partial charge in [0.15, 0.2) is 0 Å². The standard InChI is InChI=1S/C43H32N4O2/c1-47-42(27-11-4-2-5-12-27)45-41(46-43(47)28-13-6-3-7-14-28)34-24-44-25-38-40(34)33-20-17-30(23-37(33)49-38)29-16-19-32-36(22-29)48-35-21-18-26-10-8-9-15-31(26)39(32)35/h2-13,15-24,28,42,45H,14,25H2,1H3. The van der Waals surface area contributed by atoms with Crippen molar-refractivity contribution in [2.75, 3.05) is 7.05 Å². The van der Waals surface area contributed by atoms with Crippen molar-refractivity contribution in [3.05, 3.63) is 150 Å². The maximum Gasteiger partial charge on any atom is 0.139 e. The third-order valence-electron chi connectivity index (χ3n) is 10.1. The van der Waals surface area contributed by atoms with Crippen LogP contribution >= 0.6 is 0 Å². The molecular formula is C43H32N4O2. The van der Waals surface area contributed by atoms with Gasteiger partial charge in [-0.2, -0.15) is 0 Å². The van der Waals surface area contributed by atoms with E-state index in [2.05, 4.69) is 145 Å². The average molecular weight is 637 g/mol. The van der Waals surface area contributed by atoms with E-state index < -0.39 is 0 Å². The predicted octanol–water partition coefficient (Wildman–Crippen LogP) is 10.2. The first kappa shape index (κ1) is 27.9. The number of hydrogen-bond donors (Lipinski definition) is 1. The SMILES string of the molecule is CN1C(C2C=CC=CC2)=NC(=C2C=NCc3oc4cc(-c5ccc6c(c5)oc5ccc7ccccc7c56)ccc4c32)NC1c1ccccc1. The Morgan fingerprint density at radius 2 is 1.55 bits per heavy atom. The van der Waals surface area contributed by atoms with Crippen molar-refractivity contribution in [2.24, 2.45) is 15.9 Å². The highest BCUT2D eigenvalue weighted by Gasteiger charge is 2.32. The highest BCUT2D eigenvalue weighted by Crippen LogP contribution is 2.41. The zero-order valence-electron chi connectivity index (χ0n) is 26.9. The molecule has 1 aliphatic carbocycles. The molecule has 0 saturated heterocycles. The summed E-state index contributed by atoms with van der Waals surface area (Å²) in [5.74, 6) is 2.88. The van der Waals surface area contributed by atoms with Crippen molar-refractivity contribution in [3.63, 3.8) is 0 Å². The molecule has 2 unspecified atom stereocenters. The molecule has 3 aliphatic rings. The van der Waals surface area contributed by atoms with Crippen LogP contribution in [-0.4, -0.2) is 24.0 Å². The first-order valence-corrected chi connectivity index (χ1v) is 16.8. The van der Waals surface area contributed by atoms with Crippen LogP contribution in [0.3, 0.4) is 0 Å². The lowest BCUT2D eigenvalue weighted by atomic mass is 9.95. The predicted molar refractivity (Wildman–Crippen MR) is 199 cm³/mol. The molecule has 2 aliphatic heterocycles. The first-order chi connectivity index (χ1) is 24.2. The second-order valence-electron chi connectivity index (χ2n) is 13.0. The fourth-order valence-electron chi connectivity index (χ4n) is 7.70. The minimum Gasteiger partial charge on any atom is -0.458 e. The zero-order chi connectivity index (χ0) is 32.5. The molecule has 5 aromatic carbocycles. The van der Waals surface area contributed by atoms with Gasteiger partial charge >= 0.3 is 0 Å². The van der Waals surface area contributed by atoms with Crippen molar-refractivity contribution in [3.8, 4) is 11.1 Å². The molecule has 6 heteroatoms. The summed E-state index contributed by atoms with van der Waals surface area (Å²) < 4.78 is 12.9. The highest BCUT2D eigenvalue weighted by atomic mass is 16.3. The van der Waals surface area contributed by atoms with Crippen molar-refractivity contribution < 1.29 is 8.83 Å². The van der Waals surface area contributed by atoms with Gasteiger partial charge < -0.3 is 19.1 Å². The smallest absolute Gasteiger partial charge is 0.139 e. The molecule has 49 heavy (non-hydrogen) atoms. The van der Waals surface area contributed by atoms with Gasteiger partial charge in [-0.05, 0) is 64.2 Å². The van der Waals surface area contributed by atoms with Crippen LogP contribution in [0.25, 0.3) is 60.4 Å². The largest absolute Gasteiger partial charge is 0.458 e. The Balaban J connectivity index is 1.08. The van der Waals surface area contributed by atoms with Gasteiger partial charge in [-0.3, -0.25) is 4.99 Å². The average Bonchev–Trinajstić information content (AvgIpc) is 3.73. The molecule has 1 N–H and O–H groups in total. The van der Waals surface area contributed by atoms with E-state index in [1.807, 2.05) is 6.21 Å². The Bertz CT molecular complexity index is 2620. The first-order valence-electron chi connectivity index (χ1n) is 16.8.